The maximum atomic E-state index is 12.8. The lowest BCUT2D eigenvalue weighted by atomic mass is 9.98. The summed E-state index contributed by atoms with van der Waals surface area (Å²) in [6, 6.07) is 5.81. The number of alkyl halides is 3. The highest BCUT2D eigenvalue weighted by molar-refractivity contribution is 5.78. The Bertz CT molecular complexity index is 696. The van der Waals surface area contributed by atoms with E-state index in [0.29, 0.717) is 23.3 Å². The van der Waals surface area contributed by atoms with Gasteiger partial charge in [0.25, 0.3) is 0 Å². The van der Waals surface area contributed by atoms with Gasteiger partial charge in [0, 0.05) is 17.3 Å². The van der Waals surface area contributed by atoms with E-state index in [1.165, 1.54) is 6.07 Å². The zero-order valence-corrected chi connectivity index (χ0v) is 12.9. The van der Waals surface area contributed by atoms with E-state index < -0.39 is 11.9 Å². The smallest absolute Gasteiger partial charge is 0.298 e. The first kappa shape index (κ1) is 17.1. The Kier molecular flexibility index (Phi) is 5.13. The molecule has 0 aliphatic carbocycles. The number of hydrogen-bond acceptors (Lipinski definition) is 3. The Morgan fingerprint density at radius 1 is 1.22 bits per heavy atom. The van der Waals surface area contributed by atoms with Crippen molar-refractivity contribution in [3.05, 3.63) is 47.3 Å². The van der Waals surface area contributed by atoms with Crippen molar-refractivity contribution in [1.29, 1.82) is 0 Å². The summed E-state index contributed by atoms with van der Waals surface area (Å²) in [6.45, 7) is 4.17. The van der Waals surface area contributed by atoms with E-state index in [2.05, 4.69) is 23.8 Å². The van der Waals surface area contributed by atoms with Crippen LogP contribution in [0.3, 0.4) is 0 Å². The molecule has 6 heteroatoms. The number of aldehydes is 1. The highest BCUT2D eigenvalue weighted by Gasteiger charge is 2.32. The molecule has 0 bridgehead atoms. The fraction of sp³-hybridized carbons (Fsp3) is 0.353. The minimum absolute atomic E-state index is 0.0330. The molecule has 23 heavy (non-hydrogen) atoms. The Morgan fingerprint density at radius 2 is 1.96 bits per heavy atom. The van der Waals surface area contributed by atoms with Crippen molar-refractivity contribution in [1.82, 2.24) is 9.97 Å². The minimum atomic E-state index is -4.53. The second-order valence-electron chi connectivity index (χ2n) is 5.78. The number of carbonyl (C=O) groups excluding carboxylic acids is 1. The van der Waals surface area contributed by atoms with Gasteiger partial charge in [0.1, 0.15) is 12.0 Å². The molecule has 1 aromatic carbocycles. The van der Waals surface area contributed by atoms with Gasteiger partial charge in [0.15, 0.2) is 5.82 Å². The van der Waals surface area contributed by atoms with Gasteiger partial charge in [-0.15, -0.1) is 0 Å². The monoisotopic (exact) mass is 322 g/mol. The van der Waals surface area contributed by atoms with E-state index in [1.807, 2.05) is 0 Å². The van der Waals surface area contributed by atoms with Gasteiger partial charge in [-0.1, -0.05) is 13.8 Å². The lowest BCUT2D eigenvalue weighted by molar-refractivity contribution is -0.141. The van der Waals surface area contributed by atoms with Gasteiger partial charge >= 0.3 is 6.18 Å². The van der Waals surface area contributed by atoms with Crippen LogP contribution in [0.4, 0.5) is 13.2 Å². The average molecular weight is 322 g/mol. The first-order chi connectivity index (χ1) is 10.8. The molecule has 3 nitrogen and oxygen atoms in total. The van der Waals surface area contributed by atoms with Crippen LogP contribution >= 0.6 is 0 Å². The number of aromatic nitrogens is 2. The maximum Gasteiger partial charge on any atom is 0.433 e. The maximum absolute atomic E-state index is 12.8. The van der Waals surface area contributed by atoms with E-state index >= 15 is 0 Å². The van der Waals surface area contributed by atoms with Crippen molar-refractivity contribution in [2.24, 2.45) is 5.92 Å². The second-order valence-corrected chi connectivity index (χ2v) is 5.78. The first-order valence-corrected chi connectivity index (χ1v) is 7.29. The molecule has 0 N–H and O–H groups in total. The Labute approximate surface area is 132 Å². The molecule has 0 fully saturated rings. The second kappa shape index (κ2) is 6.89. The number of aryl methyl sites for hydroxylation is 1. The average Bonchev–Trinajstić information content (AvgIpc) is 2.52. The zero-order valence-electron chi connectivity index (χ0n) is 12.9. The van der Waals surface area contributed by atoms with Crippen LogP contribution < -0.4 is 0 Å². The number of halogens is 3. The molecule has 0 aliphatic heterocycles. The van der Waals surface area contributed by atoms with E-state index in [9.17, 15) is 18.0 Å². The zero-order chi connectivity index (χ0) is 17.0. The van der Waals surface area contributed by atoms with Crippen molar-refractivity contribution >= 4 is 6.29 Å². The molecule has 0 saturated carbocycles. The lowest BCUT2D eigenvalue weighted by Crippen LogP contribution is -2.09. The fourth-order valence-electron chi connectivity index (χ4n) is 2.17. The van der Waals surface area contributed by atoms with Gasteiger partial charge in [-0.05, 0) is 48.6 Å². The predicted octanol–water partition coefficient (Wildman–Crippen LogP) is 4.56. The Hall–Kier alpha value is -2.24. The first-order valence-electron chi connectivity index (χ1n) is 7.29. The standard InChI is InChI=1S/C17H17F3N2O/c1-11(2)3-4-12-7-13(10-23)9-14(8-12)16-21-6-5-15(22-16)17(18,19)20/h5-11H,3-4H2,1-2H3. The molecule has 2 rings (SSSR count). The third-order valence-electron chi connectivity index (χ3n) is 3.37. The summed E-state index contributed by atoms with van der Waals surface area (Å²) in [7, 11) is 0. The van der Waals surface area contributed by atoms with Gasteiger partial charge in [0.2, 0.25) is 0 Å². The largest absolute Gasteiger partial charge is 0.433 e. The van der Waals surface area contributed by atoms with E-state index in [1.54, 1.807) is 12.1 Å². The number of hydrogen-bond donors (Lipinski definition) is 0. The van der Waals surface area contributed by atoms with Crippen LogP contribution in [0, 0.1) is 5.92 Å². The van der Waals surface area contributed by atoms with Crippen LogP contribution in [-0.2, 0) is 12.6 Å². The molecule has 122 valence electrons. The van der Waals surface area contributed by atoms with Crippen LogP contribution in [0.2, 0.25) is 0 Å². The molecule has 0 radical (unpaired) electrons. The summed E-state index contributed by atoms with van der Waals surface area (Å²) >= 11 is 0. The van der Waals surface area contributed by atoms with Crippen LogP contribution in [0.1, 0.15) is 41.9 Å². The van der Waals surface area contributed by atoms with Crippen LogP contribution in [0.25, 0.3) is 11.4 Å². The van der Waals surface area contributed by atoms with E-state index in [0.717, 1.165) is 30.7 Å². The summed E-state index contributed by atoms with van der Waals surface area (Å²) in [6.07, 6.45) is -1.11. The summed E-state index contributed by atoms with van der Waals surface area (Å²) in [4.78, 5) is 18.6. The summed E-state index contributed by atoms with van der Waals surface area (Å²) in [5.74, 6) is 0.456. The third-order valence-corrected chi connectivity index (χ3v) is 3.37. The molecule has 1 heterocycles. The number of nitrogens with zero attached hydrogens (tertiary/aromatic N) is 2. The molecule has 0 saturated heterocycles. The van der Waals surface area contributed by atoms with Crippen molar-refractivity contribution in [3.8, 4) is 11.4 Å². The minimum Gasteiger partial charge on any atom is -0.298 e. The SMILES string of the molecule is CC(C)CCc1cc(C=O)cc(-c2nccc(C(F)(F)F)n2)c1. The summed E-state index contributed by atoms with van der Waals surface area (Å²) in [5.41, 5.74) is 0.712. The quantitative estimate of drug-likeness (QED) is 0.758. The van der Waals surface area contributed by atoms with E-state index in [-0.39, 0.29) is 5.82 Å². The van der Waals surface area contributed by atoms with Gasteiger partial charge in [0.05, 0.1) is 0 Å². The highest BCUT2D eigenvalue weighted by Crippen LogP contribution is 2.29. The Morgan fingerprint density at radius 3 is 2.57 bits per heavy atom. The molecular formula is C17H17F3N2O. The van der Waals surface area contributed by atoms with Crippen LogP contribution in [-0.4, -0.2) is 16.3 Å². The van der Waals surface area contributed by atoms with Crippen molar-refractivity contribution in [3.63, 3.8) is 0 Å². The fourth-order valence-corrected chi connectivity index (χ4v) is 2.17. The van der Waals surface area contributed by atoms with Crippen molar-refractivity contribution in [2.75, 3.05) is 0 Å². The normalized spacial score (nSPS) is 11.7. The molecule has 0 atom stereocenters. The molecule has 0 unspecified atom stereocenters. The number of rotatable bonds is 5. The third kappa shape index (κ3) is 4.61. The van der Waals surface area contributed by atoms with Crippen molar-refractivity contribution < 1.29 is 18.0 Å². The van der Waals surface area contributed by atoms with Gasteiger partial charge in [-0.3, -0.25) is 4.79 Å². The predicted molar refractivity (Wildman–Crippen MR) is 81.0 cm³/mol. The van der Waals surface area contributed by atoms with Gasteiger partial charge in [-0.25, -0.2) is 9.97 Å². The van der Waals surface area contributed by atoms with Gasteiger partial charge in [-0.2, -0.15) is 13.2 Å². The molecule has 1 aromatic heterocycles. The van der Waals surface area contributed by atoms with Crippen LogP contribution in [0.5, 0.6) is 0 Å². The Balaban J connectivity index is 2.42. The van der Waals surface area contributed by atoms with Crippen molar-refractivity contribution in [2.45, 2.75) is 32.9 Å². The molecule has 0 aliphatic rings. The van der Waals surface area contributed by atoms with Gasteiger partial charge < -0.3 is 0 Å². The number of carbonyl (C=O) groups is 1. The van der Waals surface area contributed by atoms with E-state index in [4.69, 9.17) is 0 Å². The molecule has 0 spiro atoms. The topological polar surface area (TPSA) is 42.9 Å². The molecule has 0 amide bonds. The lowest BCUT2D eigenvalue weighted by Gasteiger charge is -2.10. The molecule has 2 aromatic rings. The van der Waals surface area contributed by atoms with Crippen LogP contribution in [0.15, 0.2) is 30.5 Å². The number of benzene rings is 1. The summed E-state index contributed by atoms with van der Waals surface area (Å²) < 4.78 is 38.3. The molecular weight excluding hydrogens is 305 g/mol. The summed E-state index contributed by atoms with van der Waals surface area (Å²) in [5, 5.41) is 0. The highest BCUT2D eigenvalue weighted by atomic mass is 19.4.